The Kier molecular flexibility index (Phi) is 5.76. The second-order valence-electron chi connectivity index (χ2n) is 5.38. The van der Waals surface area contributed by atoms with E-state index in [-0.39, 0.29) is 11.4 Å². The Labute approximate surface area is 120 Å². The summed E-state index contributed by atoms with van der Waals surface area (Å²) in [4.78, 5) is 12.6. The van der Waals surface area contributed by atoms with E-state index in [2.05, 4.69) is 37.9 Å². The van der Waals surface area contributed by atoms with Crippen molar-refractivity contribution in [3.8, 4) is 0 Å². The van der Waals surface area contributed by atoms with Crippen LogP contribution in [0, 0.1) is 10.1 Å². The first-order valence-electron chi connectivity index (χ1n) is 6.86. The number of nitro groups is 1. The average Bonchev–Trinajstić information content (AvgIpc) is 2.33. The Morgan fingerprint density at radius 3 is 2.35 bits per heavy atom. The average molecular weight is 280 g/mol. The summed E-state index contributed by atoms with van der Waals surface area (Å²) < 4.78 is 0. The minimum Gasteiger partial charge on any atom is -0.393 e. The molecule has 0 radical (unpaired) electrons. The maximum atomic E-state index is 10.7. The predicted octanol–water partition coefficient (Wildman–Crippen LogP) is 2.71. The van der Waals surface area contributed by atoms with Gasteiger partial charge < -0.3 is 11.1 Å². The molecule has 0 amide bonds. The molecular formula is C14H24N4O2. The Morgan fingerprint density at radius 1 is 1.30 bits per heavy atom. The first-order valence-corrected chi connectivity index (χ1v) is 6.86. The molecule has 1 rings (SSSR count). The van der Waals surface area contributed by atoms with Gasteiger partial charge in [0.2, 0.25) is 0 Å². The Bertz CT molecular complexity index is 452. The van der Waals surface area contributed by atoms with E-state index in [1.165, 1.54) is 6.07 Å². The van der Waals surface area contributed by atoms with Gasteiger partial charge in [-0.05, 0) is 39.8 Å². The zero-order valence-corrected chi connectivity index (χ0v) is 12.6. The fourth-order valence-corrected chi connectivity index (χ4v) is 2.27. The fourth-order valence-electron chi connectivity index (χ4n) is 2.27. The van der Waals surface area contributed by atoms with E-state index in [1.807, 2.05) is 0 Å². The molecule has 6 heteroatoms. The summed E-state index contributed by atoms with van der Waals surface area (Å²) >= 11 is 0. The summed E-state index contributed by atoms with van der Waals surface area (Å²) in [6, 6.07) is 5.69. The van der Waals surface area contributed by atoms with Crippen LogP contribution in [-0.4, -0.2) is 35.0 Å². The van der Waals surface area contributed by atoms with Gasteiger partial charge in [0.15, 0.2) is 0 Å². The van der Waals surface area contributed by atoms with E-state index in [9.17, 15) is 10.1 Å². The van der Waals surface area contributed by atoms with Crippen LogP contribution in [0.1, 0.15) is 27.7 Å². The Morgan fingerprint density at radius 2 is 1.90 bits per heavy atom. The molecular weight excluding hydrogens is 256 g/mol. The predicted molar refractivity (Wildman–Crippen MR) is 83.0 cm³/mol. The molecule has 0 aliphatic heterocycles. The number of hydrogen-bond acceptors (Lipinski definition) is 5. The molecule has 1 aromatic rings. The summed E-state index contributed by atoms with van der Waals surface area (Å²) in [6.45, 7) is 10.4. The summed E-state index contributed by atoms with van der Waals surface area (Å²) in [5.41, 5.74) is 6.59. The second kappa shape index (κ2) is 7.09. The number of nitrogens with zero attached hydrogens (tertiary/aromatic N) is 2. The topological polar surface area (TPSA) is 84.4 Å². The molecule has 0 aliphatic rings. The van der Waals surface area contributed by atoms with Crippen molar-refractivity contribution in [2.24, 2.45) is 0 Å². The normalized spacial score (nSPS) is 11.3. The molecule has 0 saturated heterocycles. The maximum Gasteiger partial charge on any atom is 0.292 e. The lowest BCUT2D eigenvalue weighted by Gasteiger charge is -2.30. The van der Waals surface area contributed by atoms with Crippen molar-refractivity contribution in [1.82, 2.24) is 4.90 Å². The Balaban J connectivity index is 2.58. The third-order valence-corrected chi connectivity index (χ3v) is 3.25. The maximum absolute atomic E-state index is 10.7. The highest BCUT2D eigenvalue weighted by molar-refractivity contribution is 5.65. The SMILES string of the molecule is CC(C)N(CCNc1ccc([N+](=O)[O-])c(N)c1)C(C)C. The molecule has 0 saturated carbocycles. The number of nitrogens with one attached hydrogen (secondary N) is 1. The molecule has 0 bridgehead atoms. The van der Waals surface area contributed by atoms with Crippen molar-refractivity contribution >= 4 is 17.1 Å². The molecule has 0 unspecified atom stereocenters. The lowest BCUT2D eigenvalue weighted by molar-refractivity contribution is -0.383. The van der Waals surface area contributed by atoms with Crippen LogP contribution in [0.4, 0.5) is 17.1 Å². The van der Waals surface area contributed by atoms with E-state index >= 15 is 0 Å². The lowest BCUT2D eigenvalue weighted by atomic mass is 10.2. The van der Waals surface area contributed by atoms with E-state index in [0.717, 1.165) is 18.8 Å². The fraction of sp³-hybridized carbons (Fsp3) is 0.571. The number of benzene rings is 1. The van der Waals surface area contributed by atoms with Gasteiger partial charge in [0.25, 0.3) is 5.69 Å². The highest BCUT2D eigenvalue weighted by atomic mass is 16.6. The van der Waals surface area contributed by atoms with Crippen LogP contribution in [0.15, 0.2) is 18.2 Å². The second-order valence-corrected chi connectivity index (χ2v) is 5.38. The van der Waals surface area contributed by atoms with Crippen LogP contribution in [0.2, 0.25) is 0 Å². The summed E-state index contributed by atoms with van der Waals surface area (Å²) in [6.07, 6.45) is 0. The molecule has 0 heterocycles. The van der Waals surface area contributed by atoms with Gasteiger partial charge in [-0.3, -0.25) is 15.0 Å². The van der Waals surface area contributed by atoms with Gasteiger partial charge in [-0.2, -0.15) is 0 Å². The summed E-state index contributed by atoms with van der Waals surface area (Å²) in [5, 5.41) is 13.9. The highest BCUT2D eigenvalue weighted by Gasteiger charge is 2.13. The van der Waals surface area contributed by atoms with Gasteiger partial charge in [0.05, 0.1) is 4.92 Å². The van der Waals surface area contributed by atoms with Gasteiger partial charge in [0.1, 0.15) is 5.69 Å². The lowest BCUT2D eigenvalue weighted by Crippen LogP contribution is -2.40. The molecule has 20 heavy (non-hydrogen) atoms. The molecule has 0 aromatic heterocycles. The van der Waals surface area contributed by atoms with Crippen LogP contribution in [0.3, 0.4) is 0 Å². The van der Waals surface area contributed by atoms with Gasteiger partial charge >= 0.3 is 0 Å². The van der Waals surface area contributed by atoms with Crippen LogP contribution in [0.5, 0.6) is 0 Å². The van der Waals surface area contributed by atoms with Gasteiger partial charge in [-0.25, -0.2) is 0 Å². The number of hydrogen-bond donors (Lipinski definition) is 2. The molecule has 0 spiro atoms. The van der Waals surface area contributed by atoms with Crippen LogP contribution in [0.25, 0.3) is 0 Å². The minimum absolute atomic E-state index is 0.0541. The Hall–Kier alpha value is -1.82. The molecule has 0 aliphatic carbocycles. The van der Waals surface area contributed by atoms with Crippen molar-refractivity contribution in [3.05, 3.63) is 28.3 Å². The van der Waals surface area contributed by atoms with Gasteiger partial charge in [0, 0.05) is 36.9 Å². The van der Waals surface area contributed by atoms with Crippen LogP contribution >= 0.6 is 0 Å². The third kappa shape index (κ3) is 4.38. The number of rotatable bonds is 7. The largest absolute Gasteiger partial charge is 0.393 e. The smallest absolute Gasteiger partial charge is 0.292 e. The standard InChI is InChI=1S/C14H24N4O2/c1-10(2)17(11(3)4)8-7-16-12-5-6-14(18(19)20)13(15)9-12/h5-6,9-11,16H,7-8,15H2,1-4H3. The summed E-state index contributed by atoms with van der Waals surface area (Å²) in [5.74, 6) is 0. The van der Waals surface area contributed by atoms with Gasteiger partial charge in [-0.15, -0.1) is 0 Å². The summed E-state index contributed by atoms with van der Waals surface area (Å²) in [7, 11) is 0. The third-order valence-electron chi connectivity index (χ3n) is 3.25. The quantitative estimate of drug-likeness (QED) is 0.456. The molecule has 0 atom stereocenters. The zero-order chi connectivity index (χ0) is 15.3. The van der Waals surface area contributed by atoms with Crippen molar-refractivity contribution in [3.63, 3.8) is 0 Å². The van der Waals surface area contributed by atoms with Gasteiger partial charge in [-0.1, -0.05) is 0 Å². The number of nitro benzene ring substituents is 1. The minimum atomic E-state index is -0.474. The molecule has 6 nitrogen and oxygen atoms in total. The highest BCUT2D eigenvalue weighted by Crippen LogP contribution is 2.24. The number of nitrogens with two attached hydrogens (primary N) is 1. The van der Waals surface area contributed by atoms with E-state index in [1.54, 1.807) is 12.1 Å². The molecule has 112 valence electrons. The van der Waals surface area contributed by atoms with Crippen molar-refractivity contribution < 1.29 is 4.92 Å². The van der Waals surface area contributed by atoms with Crippen molar-refractivity contribution in [1.29, 1.82) is 0 Å². The van der Waals surface area contributed by atoms with Crippen molar-refractivity contribution in [2.45, 2.75) is 39.8 Å². The monoisotopic (exact) mass is 280 g/mol. The number of anilines is 2. The van der Waals surface area contributed by atoms with E-state index in [4.69, 9.17) is 5.73 Å². The molecule has 0 fully saturated rings. The zero-order valence-electron chi connectivity index (χ0n) is 12.6. The number of nitrogen functional groups attached to an aromatic ring is 1. The van der Waals surface area contributed by atoms with Crippen LogP contribution < -0.4 is 11.1 Å². The molecule has 1 aromatic carbocycles. The first kappa shape index (κ1) is 16.2. The van der Waals surface area contributed by atoms with E-state index < -0.39 is 4.92 Å². The molecule has 3 N–H and O–H groups in total. The van der Waals surface area contributed by atoms with E-state index in [0.29, 0.717) is 12.1 Å². The van der Waals surface area contributed by atoms with Crippen molar-refractivity contribution in [2.75, 3.05) is 24.1 Å². The first-order chi connectivity index (χ1) is 9.32. The van der Waals surface area contributed by atoms with Crippen LogP contribution in [-0.2, 0) is 0 Å².